The Morgan fingerprint density at radius 2 is 2.03 bits per heavy atom. The number of aryl methyl sites for hydroxylation is 1. The van der Waals surface area contributed by atoms with Gasteiger partial charge in [-0.05, 0) is 48.2 Å². The molecule has 0 spiro atoms. The molecule has 7 heteroatoms. The van der Waals surface area contributed by atoms with Crippen molar-refractivity contribution in [1.29, 1.82) is 0 Å². The summed E-state index contributed by atoms with van der Waals surface area (Å²) >= 11 is 1.59. The van der Waals surface area contributed by atoms with Gasteiger partial charge in [0, 0.05) is 22.4 Å². The van der Waals surface area contributed by atoms with Gasteiger partial charge in [-0.3, -0.25) is 4.79 Å². The van der Waals surface area contributed by atoms with Crippen LogP contribution in [-0.2, 0) is 17.9 Å². The van der Waals surface area contributed by atoms with E-state index in [-0.39, 0.29) is 12.5 Å². The van der Waals surface area contributed by atoms with Crippen LogP contribution in [0.25, 0.3) is 11.0 Å². The number of benzene rings is 1. The highest BCUT2D eigenvalue weighted by molar-refractivity contribution is 7.09. The van der Waals surface area contributed by atoms with Crippen molar-refractivity contribution in [2.75, 3.05) is 6.61 Å². The third kappa shape index (κ3) is 4.57. The summed E-state index contributed by atoms with van der Waals surface area (Å²) in [6.07, 6.45) is 1.59. The topological polar surface area (TPSA) is 72.9 Å². The second-order valence-electron chi connectivity index (χ2n) is 6.60. The van der Waals surface area contributed by atoms with Crippen molar-refractivity contribution in [3.8, 4) is 5.75 Å². The van der Waals surface area contributed by atoms with Crippen molar-refractivity contribution < 1.29 is 18.4 Å². The first kappa shape index (κ1) is 19.0. The number of carbonyl (C=O) groups excluding carboxylic acids is 1. The van der Waals surface area contributed by atoms with Gasteiger partial charge in [-0.2, -0.15) is 0 Å². The molecular formula is C22H19NO5S. The Bertz CT molecular complexity index is 1130. The summed E-state index contributed by atoms with van der Waals surface area (Å²) in [6.45, 7) is 2.55. The molecule has 6 nitrogen and oxygen atoms in total. The fourth-order valence-electron chi connectivity index (χ4n) is 3.04. The normalized spacial score (nSPS) is 10.9. The SMILES string of the molecule is Cc1cc(=O)oc2cc(OCC(=O)N(Cc3ccco3)Cc3cccs3)ccc12. The molecule has 1 aromatic carbocycles. The third-order valence-corrected chi connectivity index (χ3v) is 5.35. The molecule has 0 atom stereocenters. The maximum absolute atomic E-state index is 12.8. The third-order valence-electron chi connectivity index (χ3n) is 4.49. The van der Waals surface area contributed by atoms with E-state index in [2.05, 4.69) is 0 Å². The van der Waals surface area contributed by atoms with Gasteiger partial charge in [-0.15, -0.1) is 11.3 Å². The van der Waals surface area contributed by atoms with E-state index in [0.29, 0.717) is 30.2 Å². The highest BCUT2D eigenvalue weighted by Crippen LogP contribution is 2.22. The quantitative estimate of drug-likeness (QED) is 0.424. The highest BCUT2D eigenvalue weighted by atomic mass is 32.1. The highest BCUT2D eigenvalue weighted by Gasteiger charge is 2.17. The molecule has 0 aliphatic rings. The van der Waals surface area contributed by atoms with Crippen LogP contribution in [0, 0.1) is 6.92 Å². The smallest absolute Gasteiger partial charge is 0.336 e. The summed E-state index contributed by atoms with van der Waals surface area (Å²) in [4.78, 5) is 27.2. The van der Waals surface area contributed by atoms with Crippen LogP contribution in [-0.4, -0.2) is 17.4 Å². The molecular weight excluding hydrogens is 390 g/mol. The summed E-state index contributed by atoms with van der Waals surface area (Å²) in [5.74, 6) is 1.01. The zero-order valence-corrected chi connectivity index (χ0v) is 16.6. The molecule has 0 saturated carbocycles. The van der Waals surface area contributed by atoms with Gasteiger partial charge in [0.25, 0.3) is 5.91 Å². The largest absolute Gasteiger partial charge is 0.484 e. The lowest BCUT2D eigenvalue weighted by Crippen LogP contribution is -2.33. The molecule has 4 rings (SSSR count). The van der Waals surface area contributed by atoms with Crippen LogP contribution in [0.4, 0.5) is 0 Å². The van der Waals surface area contributed by atoms with Gasteiger partial charge >= 0.3 is 5.63 Å². The molecule has 0 aliphatic carbocycles. The van der Waals surface area contributed by atoms with E-state index in [4.69, 9.17) is 13.6 Å². The first-order valence-corrected chi connectivity index (χ1v) is 9.96. The lowest BCUT2D eigenvalue weighted by Gasteiger charge is -2.21. The van der Waals surface area contributed by atoms with Crippen molar-refractivity contribution in [2.24, 2.45) is 0 Å². The van der Waals surface area contributed by atoms with Crippen LogP contribution in [0.5, 0.6) is 5.75 Å². The van der Waals surface area contributed by atoms with E-state index in [1.54, 1.807) is 40.7 Å². The average Bonchev–Trinajstić information content (AvgIpc) is 3.39. The van der Waals surface area contributed by atoms with Crippen LogP contribution in [0.15, 0.2) is 73.8 Å². The summed E-state index contributed by atoms with van der Waals surface area (Å²) in [5.41, 5.74) is 0.856. The minimum absolute atomic E-state index is 0.131. The Labute approximate surface area is 170 Å². The van der Waals surface area contributed by atoms with Gasteiger partial charge in [0.1, 0.15) is 17.1 Å². The molecule has 0 bridgehead atoms. The molecule has 3 aromatic heterocycles. The minimum atomic E-state index is -0.413. The minimum Gasteiger partial charge on any atom is -0.484 e. The summed E-state index contributed by atoms with van der Waals surface area (Å²) < 4.78 is 16.3. The van der Waals surface area contributed by atoms with Crippen molar-refractivity contribution in [2.45, 2.75) is 20.0 Å². The second-order valence-corrected chi connectivity index (χ2v) is 7.64. The molecule has 0 saturated heterocycles. The maximum Gasteiger partial charge on any atom is 0.336 e. The standard InChI is InChI=1S/C22H19NO5S/c1-15-10-22(25)28-20-11-16(6-7-19(15)20)27-14-21(24)23(12-17-4-2-8-26-17)13-18-5-3-9-29-18/h2-11H,12-14H2,1H3. The van der Waals surface area contributed by atoms with Gasteiger partial charge in [-0.1, -0.05) is 6.07 Å². The van der Waals surface area contributed by atoms with Crippen molar-refractivity contribution in [3.63, 3.8) is 0 Å². The lowest BCUT2D eigenvalue weighted by molar-refractivity contribution is -0.134. The van der Waals surface area contributed by atoms with Crippen LogP contribution in [0.2, 0.25) is 0 Å². The van der Waals surface area contributed by atoms with Crippen molar-refractivity contribution in [3.05, 3.63) is 86.8 Å². The summed E-state index contributed by atoms with van der Waals surface area (Å²) in [5, 5.41) is 2.81. The first-order valence-electron chi connectivity index (χ1n) is 9.08. The van der Waals surface area contributed by atoms with Crippen LogP contribution in [0.1, 0.15) is 16.2 Å². The zero-order valence-electron chi connectivity index (χ0n) is 15.8. The van der Waals surface area contributed by atoms with Gasteiger partial charge in [-0.25, -0.2) is 4.79 Å². The van der Waals surface area contributed by atoms with Gasteiger partial charge in [0.05, 0.1) is 19.4 Å². The zero-order chi connectivity index (χ0) is 20.2. The lowest BCUT2D eigenvalue weighted by atomic mass is 10.1. The molecule has 0 unspecified atom stereocenters. The van der Waals surface area contributed by atoms with E-state index < -0.39 is 5.63 Å². The monoisotopic (exact) mass is 409 g/mol. The van der Waals surface area contributed by atoms with E-state index in [1.807, 2.05) is 36.6 Å². The molecule has 29 heavy (non-hydrogen) atoms. The molecule has 3 heterocycles. The number of hydrogen-bond donors (Lipinski definition) is 0. The maximum atomic E-state index is 12.8. The van der Waals surface area contributed by atoms with E-state index in [1.165, 1.54) is 6.07 Å². The second kappa shape index (κ2) is 8.36. The fraction of sp³-hybridized carbons (Fsp3) is 0.182. The Kier molecular flexibility index (Phi) is 5.48. The van der Waals surface area contributed by atoms with E-state index >= 15 is 0 Å². The average molecular weight is 409 g/mol. The Hall–Kier alpha value is -3.32. The molecule has 1 amide bonds. The van der Waals surface area contributed by atoms with Crippen LogP contribution < -0.4 is 10.4 Å². The van der Waals surface area contributed by atoms with Gasteiger partial charge in [0.2, 0.25) is 0 Å². The number of rotatable bonds is 7. The fourth-order valence-corrected chi connectivity index (χ4v) is 3.76. The van der Waals surface area contributed by atoms with Crippen molar-refractivity contribution in [1.82, 2.24) is 4.90 Å². The number of thiophene rings is 1. The van der Waals surface area contributed by atoms with Crippen LogP contribution >= 0.6 is 11.3 Å². The number of carbonyl (C=O) groups is 1. The predicted octanol–water partition coefficient (Wildman–Crippen LogP) is 4.36. The predicted molar refractivity (Wildman–Crippen MR) is 110 cm³/mol. The Balaban J connectivity index is 1.48. The summed E-state index contributed by atoms with van der Waals surface area (Å²) in [6, 6.07) is 14.2. The molecule has 0 aliphatic heterocycles. The van der Waals surface area contributed by atoms with Crippen molar-refractivity contribution >= 4 is 28.2 Å². The Morgan fingerprint density at radius 3 is 2.79 bits per heavy atom. The molecule has 148 valence electrons. The number of amides is 1. The number of furan rings is 1. The van der Waals surface area contributed by atoms with E-state index in [0.717, 1.165) is 15.8 Å². The molecule has 4 aromatic rings. The number of hydrogen-bond acceptors (Lipinski definition) is 6. The number of ether oxygens (including phenoxy) is 1. The van der Waals surface area contributed by atoms with Gasteiger partial charge in [0.15, 0.2) is 6.61 Å². The Morgan fingerprint density at radius 1 is 1.14 bits per heavy atom. The van der Waals surface area contributed by atoms with Gasteiger partial charge < -0.3 is 18.5 Å². The van der Waals surface area contributed by atoms with E-state index in [9.17, 15) is 9.59 Å². The molecule has 0 fully saturated rings. The summed E-state index contributed by atoms with van der Waals surface area (Å²) in [7, 11) is 0. The first-order chi connectivity index (χ1) is 14.1. The number of nitrogens with zero attached hydrogens (tertiary/aromatic N) is 1. The molecule has 0 radical (unpaired) electrons. The van der Waals surface area contributed by atoms with Crippen LogP contribution in [0.3, 0.4) is 0 Å². The number of fused-ring (bicyclic) bond motifs is 1. The molecule has 0 N–H and O–H groups in total.